The highest BCUT2D eigenvalue weighted by molar-refractivity contribution is 6.33. The van der Waals surface area contributed by atoms with Crippen molar-refractivity contribution in [2.75, 3.05) is 25.5 Å². The number of benzene rings is 2. The first-order valence-corrected chi connectivity index (χ1v) is 11.9. The molecule has 36 heavy (non-hydrogen) atoms. The molecule has 10 heteroatoms. The quantitative estimate of drug-likeness (QED) is 0.404. The summed E-state index contributed by atoms with van der Waals surface area (Å²) < 4.78 is 5.25. The van der Waals surface area contributed by atoms with Crippen molar-refractivity contribution in [3.8, 4) is 17.0 Å². The second-order valence-corrected chi connectivity index (χ2v) is 9.13. The molecule has 1 aromatic heterocycles. The first-order chi connectivity index (χ1) is 17.2. The van der Waals surface area contributed by atoms with Crippen molar-refractivity contribution in [1.29, 1.82) is 0 Å². The molecule has 0 saturated heterocycles. The third-order valence-electron chi connectivity index (χ3n) is 5.87. The maximum Gasteiger partial charge on any atom is 0.254 e. The van der Waals surface area contributed by atoms with Crippen LogP contribution in [-0.4, -0.2) is 58.1 Å². The second kappa shape index (κ2) is 10.9. The van der Waals surface area contributed by atoms with E-state index < -0.39 is 6.10 Å². The summed E-state index contributed by atoms with van der Waals surface area (Å²) in [4.78, 5) is 35.9. The van der Waals surface area contributed by atoms with E-state index in [9.17, 15) is 14.7 Å². The van der Waals surface area contributed by atoms with Crippen molar-refractivity contribution in [3.05, 3.63) is 70.4 Å². The lowest BCUT2D eigenvalue weighted by Crippen LogP contribution is -2.38. The number of ether oxygens (including phenoxy) is 1. The molecule has 188 valence electrons. The summed E-state index contributed by atoms with van der Waals surface area (Å²) in [6, 6.07) is 12.7. The van der Waals surface area contributed by atoms with E-state index in [-0.39, 0.29) is 30.9 Å². The number of hydrogen-bond acceptors (Lipinski definition) is 7. The number of aromatic nitrogens is 2. The van der Waals surface area contributed by atoms with Gasteiger partial charge in [0.15, 0.2) is 0 Å². The molecule has 2 amide bonds. The number of anilines is 1. The molecule has 0 bridgehead atoms. The average Bonchev–Trinajstić information content (AvgIpc) is 3.17. The van der Waals surface area contributed by atoms with Crippen LogP contribution >= 0.6 is 11.6 Å². The van der Waals surface area contributed by atoms with Crippen LogP contribution in [0.15, 0.2) is 48.7 Å². The lowest BCUT2D eigenvalue weighted by Gasteiger charge is -2.19. The van der Waals surface area contributed by atoms with Crippen LogP contribution in [0.25, 0.3) is 11.3 Å². The largest absolute Gasteiger partial charge is 0.497 e. The number of aliphatic hydroxyl groups excluding tert-OH is 1. The number of rotatable bonds is 9. The molecule has 2 aromatic carbocycles. The molecule has 0 spiro atoms. The van der Waals surface area contributed by atoms with Gasteiger partial charge in [-0.25, -0.2) is 9.97 Å². The van der Waals surface area contributed by atoms with Crippen LogP contribution in [0.2, 0.25) is 5.02 Å². The van der Waals surface area contributed by atoms with Gasteiger partial charge in [-0.05, 0) is 43.2 Å². The number of carbonyl (C=O) groups excluding carboxylic acids is 2. The molecule has 3 aromatic rings. The number of hydrogen-bond donors (Lipinski definition) is 3. The Morgan fingerprint density at radius 2 is 2.06 bits per heavy atom. The Hall–Kier alpha value is -3.69. The summed E-state index contributed by atoms with van der Waals surface area (Å²) in [7, 11) is 1.59. The number of nitrogens with zero attached hydrogens (tertiary/aromatic N) is 3. The minimum Gasteiger partial charge on any atom is -0.497 e. The SMILES string of the molecule is COc1cccc([C@@H](C)NC(=O)CN2Cc3ccc(-c4nc(NCC(C)O)ncc4Cl)cc3C2=O)c1. The molecular weight excluding hydrogens is 482 g/mol. The fraction of sp³-hybridized carbons (Fsp3) is 0.308. The van der Waals surface area contributed by atoms with E-state index in [2.05, 4.69) is 20.6 Å². The normalized spacial score (nSPS) is 14.2. The monoisotopic (exact) mass is 509 g/mol. The predicted molar refractivity (Wildman–Crippen MR) is 137 cm³/mol. The van der Waals surface area contributed by atoms with Crippen LogP contribution in [0.3, 0.4) is 0 Å². The Labute approximate surface area is 214 Å². The minimum atomic E-state index is -0.563. The molecule has 1 aliphatic heterocycles. The first-order valence-electron chi connectivity index (χ1n) is 11.6. The van der Waals surface area contributed by atoms with Gasteiger partial charge in [-0.15, -0.1) is 0 Å². The van der Waals surface area contributed by atoms with Crippen molar-refractivity contribution in [3.63, 3.8) is 0 Å². The molecular formula is C26H28ClN5O4. The van der Waals surface area contributed by atoms with Crippen LogP contribution in [0.5, 0.6) is 5.75 Å². The Morgan fingerprint density at radius 3 is 2.81 bits per heavy atom. The fourth-order valence-electron chi connectivity index (χ4n) is 3.98. The zero-order valence-corrected chi connectivity index (χ0v) is 21.0. The van der Waals surface area contributed by atoms with Gasteiger partial charge in [0.25, 0.3) is 5.91 Å². The smallest absolute Gasteiger partial charge is 0.254 e. The molecule has 0 aliphatic carbocycles. The van der Waals surface area contributed by atoms with Crippen molar-refractivity contribution >= 4 is 29.4 Å². The summed E-state index contributed by atoms with van der Waals surface area (Å²) in [5, 5.41) is 15.7. The molecule has 9 nitrogen and oxygen atoms in total. The Balaban J connectivity index is 1.45. The van der Waals surface area contributed by atoms with Gasteiger partial charge in [-0.3, -0.25) is 9.59 Å². The third-order valence-corrected chi connectivity index (χ3v) is 6.14. The maximum atomic E-state index is 13.1. The molecule has 1 unspecified atom stereocenters. The highest BCUT2D eigenvalue weighted by Crippen LogP contribution is 2.31. The highest BCUT2D eigenvalue weighted by Gasteiger charge is 2.30. The number of amides is 2. The first kappa shape index (κ1) is 25.4. The molecule has 2 heterocycles. The molecule has 2 atom stereocenters. The van der Waals surface area contributed by atoms with Crippen molar-refractivity contribution in [2.45, 2.75) is 32.5 Å². The zero-order valence-electron chi connectivity index (χ0n) is 20.3. The van der Waals surface area contributed by atoms with Gasteiger partial charge in [-0.1, -0.05) is 35.9 Å². The number of nitrogens with one attached hydrogen (secondary N) is 2. The molecule has 1 aliphatic rings. The van der Waals surface area contributed by atoms with Crippen molar-refractivity contribution < 1.29 is 19.4 Å². The van der Waals surface area contributed by atoms with Gasteiger partial charge < -0.3 is 25.4 Å². The number of carbonyl (C=O) groups is 2. The van der Waals surface area contributed by atoms with Crippen molar-refractivity contribution in [2.24, 2.45) is 0 Å². The topological polar surface area (TPSA) is 117 Å². The summed E-state index contributed by atoms with van der Waals surface area (Å²) in [6.45, 7) is 4.11. The average molecular weight is 510 g/mol. The van der Waals surface area contributed by atoms with Gasteiger partial charge >= 0.3 is 0 Å². The Morgan fingerprint density at radius 1 is 1.25 bits per heavy atom. The molecule has 4 rings (SSSR count). The van der Waals surface area contributed by atoms with Crippen LogP contribution < -0.4 is 15.4 Å². The van der Waals surface area contributed by atoms with Gasteiger partial charge in [0.1, 0.15) is 12.3 Å². The molecule has 0 saturated carbocycles. The molecule has 0 radical (unpaired) electrons. The van der Waals surface area contributed by atoms with Gasteiger partial charge in [0.2, 0.25) is 11.9 Å². The van der Waals surface area contributed by atoms with Crippen molar-refractivity contribution in [1.82, 2.24) is 20.2 Å². The summed E-state index contributed by atoms with van der Waals surface area (Å²) in [6.07, 6.45) is 0.913. The van der Waals surface area contributed by atoms with Crippen LogP contribution in [0.4, 0.5) is 5.95 Å². The van der Waals surface area contributed by atoms with Gasteiger partial charge in [0.05, 0.1) is 36.2 Å². The predicted octanol–water partition coefficient (Wildman–Crippen LogP) is 3.43. The lowest BCUT2D eigenvalue weighted by atomic mass is 10.0. The van der Waals surface area contributed by atoms with Crippen LogP contribution in [0.1, 0.15) is 41.4 Å². The highest BCUT2D eigenvalue weighted by atomic mass is 35.5. The minimum absolute atomic E-state index is 0.0567. The van der Waals surface area contributed by atoms with Gasteiger partial charge in [0, 0.05) is 24.2 Å². The van der Waals surface area contributed by atoms with E-state index in [1.807, 2.05) is 43.3 Å². The van der Waals surface area contributed by atoms with E-state index in [1.54, 1.807) is 20.1 Å². The van der Waals surface area contributed by atoms with Crippen LogP contribution in [-0.2, 0) is 11.3 Å². The lowest BCUT2D eigenvalue weighted by molar-refractivity contribution is -0.122. The van der Waals surface area contributed by atoms with E-state index >= 15 is 0 Å². The van der Waals surface area contributed by atoms with E-state index in [0.717, 1.165) is 11.1 Å². The Bertz CT molecular complexity index is 1280. The third kappa shape index (κ3) is 5.75. The number of fused-ring (bicyclic) bond motifs is 1. The van der Waals surface area contributed by atoms with E-state index in [0.29, 0.717) is 40.1 Å². The Kier molecular flexibility index (Phi) is 7.71. The summed E-state index contributed by atoms with van der Waals surface area (Å²) in [5.41, 5.74) is 3.38. The van der Waals surface area contributed by atoms with Gasteiger partial charge in [-0.2, -0.15) is 0 Å². The maximum absolute atomic E-state index is 13.1. The summed E-state index contributed by atoms with van der Waals surface area (Å²) >= 11 is 6.34. The zero-order chi connectivity index (χ0) is 25.8. The van der Waals surface area contributed by atoms with Crippen LogP contribution in [0, 0.1) is 0 Å². The number of halogens is 1. The number of methoxy groups -OCH3 is 1. The molecule has 0 fully saturated rings. The molecule has 3 N–H and O–H groups in total. The standard InChI is InChI=1S/C26H28ClN5O4/c1-15(33)11-28-26-29-12-22(27)24(31-26)18-7-8-19-13-32(25(35)21(19)10-18)14-23(34)30-16(2)17-5-4-6-20(9-17)36-3/h4-10,12,15-16,33H,11,13-14H2,1-3H3,(H,30,34)(H,28,29,31)/t15?,16-/m1/s1. The van der Waals surface area contributed by atoms with E-state index in [1.165, 1.54) is 11.1 Å². The van der Waals surface area contributed by atoms with E-state index in [4.69, 9.17) is 16.3 Å². The second-order valence-electron chi connectivity index (χ2n) is 8.72. The summed E-state index contributed by atoms with van der Waals surface area (Å²) in [5.74, 6) is 0.558. The number of aliphatic hydroxyl groups is 1. The fourth-order valence-corrected chi connectivity index (χ4v) is 4.18.